The summed E-state index contributed by atoms with van der Waals surface area (Å²) in [7, 11) is 5.88. The fourth-order valence-corrected chi connectivity index (χ4v) is 20.1. The molecule has 30 heteroatoms. The van der Waals surface area contributed by atoms with Gasteiger partial charge in [0.1, 0.15) is 46.0 Å². The topological polar surface area (TPSA) is 180 Å². The van der Waals surface area contributed by atoms with Crippen LogP contribution in [0.5, 0.6) is 92.0 Å². The number of pyridine rings is 3. The Kier molecular flexibility index (Phi) is 25.6. The van der Waals surface area contributed by atoms with Gasteiger partial charge in [0.15, 0.2) is 0 Å². The van der Waals surface area contributed by atoms with E-state index in [9.17, 15) is 0 Å². The number of hydrogen-bond donors (Lipinski definition) is 0. The molecule has 22 nitrogen and oxygen atoms in total. The smallest absolute Gasteiger partial charge is 0.518 e. The summed E-state index contributed by atoms with van der Waals surface area (Å²) in [5, 5.41) is 10.7. The second-order valence-electron chi connectivity index (χ2n) is 37.0. The van der Waals surface area contributed by atoms with Gasteiger partial charge in [0.05, 0.1) is 17.9 Å². The molecule has 722 valence electrons. The molecule has 11 aliphatic rings. The molecule has 29 rings (SSSR count). The molecule has 0 spiro atoms. The molecule has 0 bridgehead atoms. The summed E-state index contributed by atoms with van der Waals surface area (Å²) in [5.74, 6) is 13.5. The van der Waals surface area contributed by atoms with Crippen molar-refractivity contribution in [2.24, 2.45) is 12.1 Å². The molecule has 0 N–H and O–H groups in total. The standard InChI is InChI=1S/C32H22BN4O2.C31H25BN3O2.C27H16BN3O2.C26H16BN4O2.4Pt/c1-21-17-22(2)37(34-21)25-12-14-29-27(19-25)33-26-18-24(36-16-15-35(20-36)23-7-4-3-5-8-23)11-13-28(26)38-30-9-6-10-31(39-29)32(30)33;1-31(2,3)21-12-13-33-25(17-21)20-8-10-26-23(16-20)32-24-18-22(35-15-14-34(4)19-35)9-11-27(24)37-29-7-5-6-28(36-26)30(29)32;1-31-14-13-30-27(31)18-9-11-23-20(16-18)28-19-15-17(21-5-2-3-12-29-21)8-10-22(19)32-24-6-4-7-25(33-23)26(24)28;1-30-16-31(15-29-30)18-9-11-23-20(14-18)27-19-13-17(21-5-2-3-12-28-21)8-10-22(19)32-24-6-4-7-25(33-23)26(24)27;;;;/h3-17,20H,1-2H3;5-15,17,19H,1-4H3;2-14H,1H3;2-12,15-16H,1H3;;;;/q2*-3;-2;-3;;;;+2. The third-order valence-electron chi connectivity index (χ3n) is 26.8. The summed E-state index contributed by atoms with van der Waals surface area (Å²) in [5.41, 5.74) is 26.0. The number of aromatic nitrogens is 7. The second-order valence-corrected chi connectivity index (χ2v) is 37.0. The van der Waals surface area contributed by atoms with Crippen molar-refractivity contribution in [1.82, 2.24) is 44.2 Å². The van der Waals surface area contributed by atoms with E-state index in [0.29, 0.717) is 0 Å². The van der Waals surface area contributed by atoms with Crippen molar-refractivity contribution in [2.75, 3.05) is 33.7 Å². The third kappa shape index (κ3) is 17.3. The number of benzene rings is 13. The molecule has 0 saturated carbocycles. The van der Waals surface area contributed by atoms with Gasteiger partial charge in [0, 0.05) is 180 Å². The molecule has 18 aromatic rings. The minimum Gasteiger partial charge on any atom is -0.518 e. The fraction of sp³-hybridized carbons (Fsp3) is 0.0776. The Balaban J connectivity index is 0.000000110. The minimum absolute atomic E-state index is 0. The van der Waals surface area contributed by atoms with Crippen LogP contribution >= 0.6 is 0 Å². The first kappa shape index (κ1) is 95.9. The average Bonchev–Trinajstić information content (AvgIpc) is 0.803. The van der Waals surface area contributed by atoms with E-state index in [1.165, 1.54) is 5.56 Å². The number of rotatable bonds is 9. The zero-order valence-electron chi connectivity index (χ0n) is 79.4. The van der Waals surface area contributed by atoms with E-state index in [4.69, 9.17) is 37.9 Å². The predicted octanol–water partition coefficient (Wildman–Crippen LogP) is 15.8. The quantitative estimate of drug-likeness (QED) is 0.0982. The molecule has 0 aliphatic carbocycles. The van der Waals surface area contributed by atoms with Crippen molar-refractivity contribution in [3.8, 4) is 143 Å². The molecule has 0 atom stereocenters. The maximum Gasteiger partial charge on any atom is 2.00 e. The zero-order valence-corrected chi connectivity index (χ0v) is 88.4. The first-order valence-corrected chi connectivity index (χ1v) is 46.8. The number of fused-ring (bicyclic) bond motifs is 16. The monoisotopic (exact) mass is 2620 g/mol. The molecule has 146 heavy (non-hydrogen) atoms. The van der Waals surface area contributed by atoms with Crippen LogP contribution in [-0.2, 0) is 96.7 Å². The largest absolute Gasteiger partial charge is 2.00 e. The number of nitrogens with zero attached hydrogens (tertiary/aromatic N) is 14. The van der Waals surface area contributed by atoms with Crippen LogP contribution in [0.3, 0.4) is 0 Å². The maximum absolute atomic E-state index is 6.38. The Hall–Kier alpha value is -14.9. The van der Waals surface area contributed by atoms with E-state index in [0.717, 1.165) is 243 Å². The maximum atomic E-state index is 6.38. The van der Waals surface area contributed by atoms with Crippen molar-refractivity contribution in [2.45, 2.75) is 40.0 Å². The Morgan fingerprint density at radius 2 is 0.685 bits per heavy atom. The summed E-state index contributed by atoms with van der Waals surface area (Å²) in [6.45, 7) is 16.2. The van der Waals surface area contributed by atoms with Gasteiger partial charge in [-0.2, -0.15) is 36.0 Å². The van der Waals surface area contributed by atoms with E-state index < -0.39 is 0 Å². The van der Waals surface area contributed by atoms with Crippen LogP contribution in [0.1, 0.15) is 37.7 Å². The van der Waals surface area contributed by atoms with E-state index in [2.05, 4.69) is 158 Å². The first-order chi connectivity index (χ1) is 69.5. The van der Waals surface area contributed by atoms with Crippen LogP contribution in [0.15, 0.2) is 316 Å². The number of aryl methyl sites for hydroxylation is 3. The molecule has 16 heterocycles. The fourth-order valence-electron chi connectivity index (χ4n) is 20.1. The molecule has 0 unspecified atom stereocenters. The molecule has 0 fully saturated rings. The summed E-state index contributed by atoms with van der Waals surface area (Å²) >= 11 is 0. The van der Waals surface area contributed by atoms with Crippen molar-refractivity contribution in [3.05, 3.63) is 396 Å². The van der Waals surface area contributed by atoms with Crippen LogP contribution in [0, 0.1) is 82.4 Å². The van der Waals surface area contributed by atoms with Crippen LogP contribution < -0.4 is 123 Å². The zero-order chi connectivity index (χ0) is 95.3. The van der Waals surface area contributed by atoms with Gasteiger partial charge in [0.2, 0.25) is 26.9 Å². The number of para-hydroxylation sites is 1. The predicted molar refractivity (Wildman–Crippen MR) is 556 cm³/mol. The van der Waals surface area contributed by atoms with E-state index in [-0.39, 0.29) is 117 Å². The Morgan fingerprint density at radius 3 is 1.07 bits per heavy atom. The SMILES string of the molecule is CN1C=CN(c2[c-]c3c(cc2)Oc2cccc4c2B3c2[c-]c(-c3cc(C(C)(C)C)ccn3)ccc2O4)[CH-]1.CN1[CH-]N(c2[c-]c3c(cc2)Oc2cccc4c2B3c2[c-]c(-c3ccccn3)ccc2O4)C=N1.Cc1cc(C)n(-c2[c-]c3c(cc2)Oc2cccc4c2B3c2[c-]c(N3C=CN(c5ccccc5)[CH-]3)ccc2O4)n1.Cn1ccnc1-c1[c-]c2c(cc1)Oc1cccc3c1B2c1[c-]c(-c2ccccn2)ccc1O3.[Pt+2].[Pt].[Pt].[Pt]. The molecule has 0 radical (unpaired) electrons. The van der Waals surface area contributed by atoms with Crippen LogP contribution in [0.4, 0.5) is 22.7 Å². The molecule has 0 amide bonds. The first-order valence-electron chi connectivity index (χ1n) is 46.8. The summed E-state index contributed by atoms with van der Waals surface area (Å²) in [6.07, 6.45) is 19.1. The average molecular weight is 2620 g/mol. The van der Waals surface area contributed by atoms with E-state index in [1.807, 2.05) is 322 Å². The third-order valence-corrected chi connectivity index (χ3v) is 26.8. The molecular weight excluding hydrogens is 2540 g/mol. The van der Waals surface area contributed by atoms with E-state index >= 15 is 0 Å². The van der Waals surface area contributed by atoms with Crippen molar-refractivity contribution in [3.63, 3.8) is 0 Å². The normalized spacial score (nSPS) is 13.9. The molecule has 13 aromatic carbocycles. The van der Waals surface area contributed by atoms with Crippen LogP contribution in [0.2, 0.25) is 0 Å². The number of hydrogen-bond acceptors (Lipinski definition) is 20. The summed E-state index contributed by atoms with van der Waals surface area (Å²) in [4.78, 5) is 28.4. The molecule has 0 saturated heterocycles. The van der Waals surface area contributed by atoms with Gasteiger partial charge in [-0.25, -0.2) is 5.10 Å². The second kappa shape index (κ2) is 38.9. The van der Waals surface area contributed by atoms with Gasteiger partial charge in [-0.15, -0.1) is 218 Å². The van der Waals surface area contributed by atoms with Crippen molar-refractivity contribution >= 4 is 121 Å². The van der Waals surface area contributed by atoms with Gasteiger partial charge >= 0.3 is 21.1 Å². The van der Waals surface area contributed by atoms with Gasteiger partial charge in [0.25, 0.3) is 0 Å². The molecular formula is C116H79B4N14O8Pt4-9. The van der Waals surface area contributed by atoms with Crippen molar-refractivity contribution in [1.29, 1.82) is 0 Å². The van der Waals surface area contributed by atoms with Gasteiger partial charge in [-0.3, -0.25) is 9.67 Å². The number of ether oxygens (including phenoxy) is 8. The summed E-state index contributed by atoms with van der Waals surface area (Å²) in [6, 6.07) is 113. The molecule has 5 aromatic heterocycles. The minimum atomic E-state index is -0.141. The van der Waals surface area contributed by atoms with Crippen LogP contribution in [-0.4, -0.2) is 91.5 Å². The number of hydrazone groups is 1. The van der Waals surface area contributed by atoms with Gasteiger partial charge in [-0.05, 0) is 171 Å². The van der Waals surface area contributed by atoms with Crippen LogP contribution in [0.25, 0.3) is 50.8 Å². The van der Waals surface area contributed by atoms with Gasteiger partial charge in [-0.1, -0.05) is 93.6 Å². The Bertz CT molecular complexity index is 8250. The summed E-state index contributed by atoms with van der Waals surface area (Å²) < 4.78 is 54.5. The Labute approximate surface area is 904 Å². The molecule has 11 aliphatic heterocycles. The van der Waals surface area contributed by atoms with E-state index in [1.54, 1.807) is 29.9 Å². The van der Waals surface area contributed by atoms with Crippen molar-refractivity contribution < 1.29 is 122 Å². The Morgan fingerprint density at radius 1 is 0.315 bits per heavy atom. The van der Waals surface area contributed by atoms with Gasteiger partial charge < -0.3 is 86.9 Å². The number of imidazole rings is 1. The number of anilines is 4.